The van der Waals surface area contributed by atoms with E-state index in [0.29, 0.717) is 11.9 Å². The summed E-state index contributed by atoms with van der Waals surface area (Å²) in [6.07, 6.45) is 1.40. The minimum Gasteiger partial charge on any atom is -0.354 e. The Morgan fingerprint density at radius 2 is 2.06 bits per heavy atom. The van der Waals surface area contributed by atoms with Crippen LogP contribution in [-0.2, 0) is 0 Å². The van der Waals surface area contributed by atoms with Crippen molar-refractivity contribution >= 4 is 12.3 Å². The van der Waals surface area contributed by atoms with Gasteiger partial charge in [-0.05, 0) is 23.6 Å². The van der Waals surface area contributed by atoms with Gasteiger partial charge in [0.25, 0.3) is 0 Å². The lowest BCUT2D eigenvalue weighted by Crippen LogP contribution is -2.32. The van der Waals surface area contributed by atoms with Crippen molar-refractivity contribution in [2.45, 2.75) is 20.0 Å². The van der Waals surface area contributed by atoms with Gasteiger partial charge in [-0.15, -0.1) is 0 Å². The fourth-order valence-corrected chi connectivity index (χ4v) is 1.56. The van der Waals surface area contributed by atoms with Gasteiger partial charge in [0.05, 0.1) is 6.34 Å². The molecule has 0 fully saturated rings. The first-order valence-corrected chi connectivity index (χ1v) is 6.01. The molecule has 1 unspecified atom stereocenters. The predicted molar refractivity (Wildman–Crippen MR) is 71.0 cm³/mol. The van der Waals surface area contributed by atoms with E-state index in [1.165, 1.54) is 12.1 Å². The van der Waals surface area contributed by atoms with E-state index >= 15 is 0 Å². The second-order valence-electron chi connectivity index (χ2n) is 4.61. The molecule has 18 heavy (non-hydrogen) atoms. The molecule has 1 atom stereocenters. The van der Waals surface area contributed by atoms with E-state index in [1.807, 2.05) is 0 Å². The van der Waals surface area contributed by atoms with Crippen LogP contribution in [0.4, 0.5) is 4.39 Å². The third kappa shape index (κ3) is 3.29. The number of benzene rings is 1. The van der Waals surface area contributed by atoms with Gasteiger partial charge in [-0.25, -0.2) is 14.4 Å². The normalized spacial score (nSPS) is 18.4. The van der Waals surface area contributed by atoms with Gasteiger partial charge in [0.1, 0.15) is 12.0 Å². The standard InChI is InChI=1S/C13H17FN4/c1-9(2)7-15-13-17-8-16-12(18-13)10-3-5-11(14)6-4-10/h3-6,8-9,12H,7H2,1-2H3,(H2,15,16,17,18). The van der Waals surface area contributed by atoms with E-state index in [-0.39, 0.29) is 12.0 Å². The zero-order chi connectivity index (χ0) is 13.0. The summed E-state index contributed by atoms with van der Waals surface area (Å²) in [7, 11) is 0. The molecule has 1 heterocycles. The van der Waals surface area contributed by atoms with Gasteiger partial charge in [0.2, 0.25) is 5.96 Å². The smallest absolute Gasteiger partial charge is 0.221 e. The second kappa shape index (κ2) is 5.62. The molecule has 2 N–H and O–H groups in total. The molecule has 0 amide bonds. The Labute approximate surface area is 106 Å². The molecule has 5 heteroatoms. The van der Waals surface area contributed by atoms with Crippen LogP contribution in [0.15, 0.2) is 34.3 Å². The highest BCUT2D eigenvalue weighted by atomic mass is 19.1. The van der Waals surface area contributed by atoms with E-state index in [0.717, 1.165) is 12.1 Å². The number of guanidine groups is 1. The Balaban J connectivity index is 2.06. The quantitative estimate of drug-likeness (QED) is 0.860. The van der Waals surface area contributed by atoms with Gasteiger partial charge in [0, 0.05) is 6.54 Å². The Kier molecular flexibility index (Phi) is 3.92. The van der Waals surface area contributed by atoms with E-state index < -0.39 is 0 Å². The van der Waals surface area contributed by atoms with Crippen molar-refractivity contribution in [2.75, 3.05) is 6.54 Å². The summed E-state index contributed by atoms with van der Waals surface area (Å²) in [6, 6.07) is 6.30. The summed E-state index contributed by atoms with van der Waals surface area (Å²) in [5, 5.41) is 6.20. The maximum absolute atomic E-state index is 12.8. The molecule has 0 spiro atoms. The molecule has 1 aliphatic rings. The van der Waals surface area contributed by atoms with Gasteiger partial charge < -0.3 is 10.6 Å². The molecule has 0 saturated carbocycles. The number of hydrogen-bond donors (Lipinski definition) is 2. The summed E-state index contributed by atoms with van der Waals surface area (Å²) < 4.78 is 12.8. The highest BCUT2D eigenvalue weighted by molar-refractivity contribution is 5.89. The molecule has 0 saturated heterocycles. The number of rotatable bonds is 3. The zero-order valence-electron chi connectivity index (χ0n) is 10.5. The van der Waals surface area contributed by atoms with Crippen LogP contribution in [-0.4, -0.2) is 18.8 Å². The van der Waals surface area contributed by atoms with Crippen molar-refractivity contribution in [1.82, 2.24) is 10.6 Å². The van der Waals surface area contributed by atoms with Crippen molar-refractivity contribution < 1.29 is 4.39 Å². The summed E-state index contributed by atoms with van der Waals surface area (Å²) in [5.74, 6) is 0.893. The van der Waals surface area contributed by atoms with Crippen LogP contribution in [0, 0.1) is 11.7 Å². The second-order valence-corrected chi connectivity index (χ2v) is 4.61. The molecular formula is C13H17FN4. The monoisotopic (exact) mass is 248 g/mol. The predicted octanol–water partition coefficient (Wildman–Crippen LogP) is 2.06. The average molecular weight is 248 g/mol. The van der Waals surface area contributed by atoms with Gasteiger partial charge in [-0.3, -0.25) is 0 Å². The SMILES string of the molecule is CC(C)CNC1=NC(c2ccc(F)cc2)NC=N1. The number of aliphatic imine (C=N–C) groups is 2. The third-order valence-electron chi connectivity index (χ3n) is 2.52. The number of nitrogens with one attached hydrogen (secondary N) is 2. The highest BCUT2D eigenvalue weighted by Crippen LogP contribution is 2.16. The summed E-state index contributed by atoms with van der Waals surface area (Å²) in [5.41, 5.74) is 0.909. The molecule has 0 radical (unpaired) electrons. The summed E-state index contributed by atoms with van der Waals surface area (Å²) >= 11 is 0. The van der Waals surface area contributed by atoms with Crippen LogP contribution >= 0.6 is 0 Å². The Morgan fingerprint density at radius 3 is 2.72 bits per heavy atom. The maximum atomic E-state index is 12.8. The van der Waals surface area contributed by atoms with Gasteiger partial charge in [-0.2, -0.15) is 0 Å². The number of nitrogens with zero attached hydrogens (tertiary/aromatic N) is 2. The molecule has 4 nitrogen and oxygen atoms in total. The largest absolute Gasteiger partial charge is 0.354 e. The molecule has 2 rings (SSSR count). The van der Waals surface area contributed by atoms with E-state index in [4.69, 9.17) is 0 Å². The third-order valence-corrected chi connectivity index (χ3v) is 2.52. The van der Waals surface area contributed by atoms with Crippen LogP contribution in [0.5, 0.6) is 0 Å². The van der Waals surface area contributed by atoms with Crippen LogP contribution in [0.2, 0.25) is 0 Å². The first kappa shape index (κ1) is 12.5. The summed E-state index contributed by atoms with van der Waals surface area (Å²) in [6.45, 7) is 5.07. The molecule has 1 aromatic carbocycles. The van der Waals surface area contributed by atoms with Crippen molar-refractivity contribution in [3.05, 3.63) is 35.6 Å². The van der Waals surface area contributed by atoms with Gasteiger partial charge in [0.15, 0.2) is 0 Å². The van der Waals surface area contributed by atoms with Crippen molar-refractivity contribution in [3.8, 4) is 0 Å². The molecule has 0 aliphatic carbocycles. The average Bonchev–Trinajstić information content (AvgIpc) is 2.37. The highest BCUT2D eigenvalue weighted by Gasteiger charge is 2.13. The minimum atomic E-state index is -0.245. The molecule has 1 aliphatic heterocycles. The van der Waals surface area contributed by atoms with Crippen LogP contribution in [0.3, 0.4) is 0 Å². The van der Waals surface area contributed by atoms with Gasteiger partial charge >= 0.3 is 0 Å². The fraction of sp³-hybridized carbons (Fsp3) is 0.385. The molecule has 0 aromatic heterocycles. The Bertz CT molecular complexity index is 451. The topological polar surface area (TPSA) is 48.8 Å². The minimum absolute atomic E-state index is 0.210. The lowest BCUT2D eigenvalue weighted by atomic mass is 10.2. The van der Waals surface area contributed by atoms with Crippen LogP contribution < -0.4 is 10.6 Å². The summed E-state index contributed by atoms with van der Waals surface area (Å²) in [4.78, 5) is 8.55. The molecule has 96 valence electrons. The Hall–Kier alpha value is -1.91. The van der Waals surface area contributed by atoms with Crippen molar-refractivity contribution in [2.24, 2.45) is 15.9 Å². The van der Waals surface area contributed by atoms with E-state index in [9.17, 15) is 4.39 Å². The number of halogens is 1. The lowest BCUT2D eigenvalue weighted by molar-refractivity contribution is 0.607. The Morgan fingerprint density at radius 1 is 1.33 bits per heavy atom. The number of hydrogen-bond acceptors (Lipinski definition) is 4. The zero-order valence-corrected chi connectivity index (χ0v) is 10.5. The maximum Gasteiger partial charge on any atom is 0.221 e. The lowest BCUT2D eigenvalue weighted by Gasteiger charge is -2.19. The van der Waals surface area contributed by atoms with E-state index in [2.05, 4.69) is 34.5 Å². The van der Waals surface area contributed by atoms with Crippen LogP contribution in [0.1, 0.15) is 25.6 Å². The fourth-order valence-electron chi connectivity index (χ4n) is 1.56. The van der Waals surface area contributed by atoms with E-state index in [1.54, 1.807) is 18.5 Å². The van der Waals surface area contributed by atoms with Gasteiger partial charge in [-0.1, -0.05) is 26.0 Å². The van der Waals surface area contributed by atoms with Crippen molar-refractivity contribution in [3.63, 3.8) is 0 Å². The van der Waals surface area contributed by atoms with Crippen molar-refractivity contribution in [1.29, 1.82) is 0 Å². The molecule has 0 bridgehead atoms. The van der Waals surface area contributed by atoms with Crippen LogP contribution in [0.25, 0.3) is 0 Å². The first-order valence-electron chi connectivity index (χ1n) is 6.01. The first-order chi connectivity index (χ1) is 8.65. The molecule has 1 aromatic rings. The molecular weight excluding hydrogens is 231 g/mol.